The monoisotopic (exact) mass is 378 g/mol. The van der Waals surface area contributed by atoms with Crippen LogP contribution < -0.4 is 5.32 Å². The Hall–Kier alpha value is -3.10. The van der Waals surface area contributed by atoms with E-state index in [-0.39, 0.29) is 12.5 Å². The van der Waals surface area contributed by atoms with Crippen molar-refractivity contribution in [3.63, 3.8) is 0 Å². The summed E-state index contributed by atoms with van der Waals surface area (Å²) in [6, 6.07) is 6.28. The number of carbonyl (C=O) groups is 2. The molecule has 0 aliphatic carbocycles. The lowest BCUT2D eigenvalue weighted by atomic mass is 10.1. The van der Waals surface area contributed by atoms with E-state index in [1.807, 2.05) is 10.7 Å². The maximum absolute atomic E-state index is 12.5. The Labute approximate surface area is 153 Å². The number of aromatic nitrogens is 2. The molecule has 27 heavy (non-hydrogen) atoms. The molecule has 142 valence electrons. The molecular formula is C18H17F3N4O2. The number of carbonyl (C=O) groups excluding carboxylic acids is 2. The van der Waals surface area contributed by atoms with Crippen LogP contribution in [0.5, 0.6) is 0 Å². The Morgan fingerprint density at radius 1 is 1.15 bits per heavy atom. The zero-order valence-corrected chi connectivity index (χ0v) is 14.2. The van der Waals surface area contributed by atoms with Crippen LogP contribution in [0.25, 0.3) is 6.08 Å². The van der Waals surface area contributed by atoms with Crippen molar-refractivity contribution in [3.8, 4) is 0 Å². The van der Waals surface area contributed by atoms with Crippen LogP contribution >= 0.6 is 0 Å². The van der Waals surface area contributed by atoms with Crippen LogP contribution in [0.4, 0.5) is 13.2 Å². The Morgan fingerprint density at radius 2 is 1.89 bits per heavy atom. The van der Waals surface area contributed by atoms with Gasteiger partial charge in [0.1, 0.15) is 0 Å². The van der Waals surface area contributed by atoms with Crippen molar-refractivity contribution in [3.05, 3.63) is 59.4 Å². The molecule has 0 unspecified atom stereocenters. The van der Waals surface area contributed by atoms with Crippen LogP contribution in [0, 0.1) is 0 Å². The molecule has 0 saturated heterocycles. The molecule has 2 heterocycles. The van der Waals surface area contributed by atoms with Crippen LogP contribution in [0.3, 0.4) is 0 Å². The van der Waals surface area contributed by atoms with E-state index in [2.05, 4.69) is 10.4 Å². The summed E-state index contributed by atoms with van der Waals surface area (Å²) in [5.41, 5.74) is 0.634. The van der Waals surface area contributed by atoms with Crippen LogP contribution in [-0.4, -0.2) is 39.6 Å². The van der Waals surface area contributed by atoms with Gasteiger partial charge < -0.3 is 10.2 Å². The molecule has 1 aliphatic rings. The van der Waals surface area contributed by atoms with E-state index >= 15 is 0 Å². The first-order valence-corrected chi connectivity index (χ1v) is 8.24. The summed E-state index contributed by atoms with van der Waals surface area (Å²) in [6.45, 7) is 1.42. The molecule has 0 spiro atoms. The lowest BCUT2D eigenvalue weighted by Crippen LogP contribution is -2.43. The zero-order chi connectivity index (χ0) is 19.4. The molecule has 0 atom stereocenters. The number of nitrogens with zero attached hydrogens (tertiary/aromatic N) is 3. The van der Waals surface area contributed by atoms with Crippen molar-refractivity contribution in [2.75, 3.05) is 13.1 Å². The lowest BCUT2D eigenvalue weighted by Gasteiger charge is -2.27. The van der Waals surface area contributed by atoms with Gasteiger partial charge in [0.25, 0.3) is 0 Å². The average molecular weight is 378 g/mol. The minimum absolute atomic E-state index is 0.148. The van der Waals surface area contributed by atoms with Gasteiger partial charge in [-0.05, 0) is 29.8 Å². The maximum Gasteiger partial charge on any atom is 0.416 e. The molecule has 9 heteroatoms. The summed E-state index contributed by atoms with van der Waals surface area (Å²) in [7, 11) is 0. The number of amides is 2. The highest BCUT2D eigenvalue weighted by Gasteiger charge is 2.29. The fraction of sp³-hybridized carbons (Fsp3) is 0.278. The molecule has 6 nitrogen and oxygen atoms in total. The Kier molecular flexibility index (Phi) is 5.29. The van der Waals surface area contributed by atoms with Crippen molar-refractivity contribution in [2.45, 2.75) is 19.3 Å². The van der Waals surface area contributed by atoms with Crippen LogP contribution in [-0.2, 0) is 28.9 Å². The third kappa shape index (κ3) is 4.75. The van der Waals surface area contributed by atoms with Crippen molar-refractivity contribution < 1.29 is 22.8 Å². The van der Waals surface area contributed by atoms with Crippen molar-refractivity contribution in [2.24, 2.45) is 0 Å². The first kappa shape index (κ1) is 18.7. The van der Waals surface area contributed by atoms with Gasteiger partial charge in [0, 0.05) is 18.8 Å². The summed E-state index contributed by atoms with van der Waals surface area (Å²) in [6.07, 6.45) is -0.149. The first-order valence-electron chi connectivity index (χ1n) is 8.24. The second-order valence-electron chi connectivity index (χ2n) is 6.03. The quantitative estimate of drug-likeness (QED) is 0.829. The third-order valence-corrected chi connectivity index (χ3v) is 4.17. The van der Waals surface area contributed by atoms with E-state index in [1.165, 1.54) is 24.3 Å². The van der Waals surface area contributed by atoms with E-state index in [9.17, 15) is 22.8 Å². The van der Waals surface area contributed by atoms with Crippen molar-refractivity contribution in [1.82, 2.24) is 20.0 Å². The Balaban J connectivity index is 1.48. The van der Waals surface area contributed by atoms with Crippen LogP contribution in [0.2, 0.25) is 0 Å². The Morgan fingerprint density at radius 3 is 2.59 bits per heavy atom. The molecule has 2 amide bonds. The molecule has 1 aromatic heterocycles. The smallest absolute Gasteiger partial charge is 0.343 e. The summed E-state index contributed by atoms with van der Waals surface area (Å²) in [4.78, 5) is 25.7. The van der Waals surface area contributed by atoms with Crippen LogP contribution in [0.15, 0.2) is 42.6 Å². The van der Waals surface area contributed by atoms with Gasteiger partial charge in [-0.25, -0.2) is 0 Å². The topological polar surface area (TPSA) is 67.2 Å². The number of fused-ring (bicyclic) bond motifs is 1. The fourth-order valence-electron chi connectivity index (χ4n) is 2.69. The normalized spacial score (nSPS) is 14.3. The predicted octanol–water partition coefficient (Wildman–Crippen LogP) is 2.07. The van der Waals surface area contributed by atoms with Gasteiger partial charge in [-0.2, -0.15) is 18.3 Å². The van der Waals surface area contributed by atoms with E-state index < -0.39 is 17.6 Å². The maximum atomic E-state index is 12.5. The highest BCUT2D eigenvalue weighted by atomic mass is 19.4. The van der Waals surface area contributed by atoms with Gasteiger partial charge in [-0.1, -0.05) is 12.1 Å². The molecule has 2 aromatic rings. The highest BCUT2D eigenvalue weighted by Crippen LogP contribution is 2.29. The second kappa shape index (κ2) is 7.65. The molecular weight excluding hydrogens is 361 g/mol. The zero-order valence-electron chi connectivity index (χ0n) is 14.2. The van der Waals surface area contributed by atoms with Gasteiger partial charge in [0.2, 0.25) is 11.8 Å². The van der Waals surface area contributed by atoms with Crippen molar-refractivity contribution >= 4 is 17.9 Å². The largest absolute Gasteiger partial charge is 0.416 e. The molecule has 0 saturated carbocycles. The summed E-state index contributed by atoms with van der Waals surface area (Å²) in [5, 5.41) is 6.62. The number of hydrogen-bond acceptors (Lipinski definition) is 3. The molecule has 1 aromatic carbocycles. The molecule has 0 bridgehead atoms. The predicted molar refractivity (Wildman–Crippen MR) is 91.1 cm³/mol. The van der Waals surface area contributed by atoms with Crippen molar-refractivity contribution in [1.29, 1.82) is 0 Å². The number of nitrogens with one attached hydrogen (secondary N) is 1. The molecule has 3 rings (SSSR count). The Bertz CT molecular complexity index is 856. The SMILES string of the molecule is O=C(/C=C/c1ccc(C(F)(F)F)cc1)NCC(=O)N1CCn2nccc2C1. The highest BCUT2D eigenvalue weighted by molar-refractivity contribution is 5.94. The van der Waals surface area contributed by atoms with E-state index in [1.54, 1.807) is 11.1 Å². The number of rotatable bonds is 4. The van der Waals surface area contributed by atoms with Gasteiger partial charge in [0.05, 0.1) is 30.9 Å². The second-order valence-corrected chi connectivity index (χ2v) is 6.03. The molecule has 1 aliphatic heterocycles. The first-order chi connectivity index (χ1) is 12.8. The lowest BCUT2D eigenvalue weighted by molar-refractivity contribution is -0.137. The summed E-state index contributed by atoms with van der Waals surface area (Å²) >= 11 is 0. The van der Waals surface area contributed by atoms with E-state index in [4.69, 9.17) is 0 Å². The number of halogens is 3. The molecule has 1 N–H and O–H groups in total. The summed E-state index contributed by atoms with van der Waals surface area (Å²) in [5.74, 6) is -0.705. The van der Waals surface area contributed by atoms with Gasteiger partial charge >= 0.3 is 6.18 Å². The summed E-state index contributed by atoms with van der Waals surface area (Å²) < 4.78 is 39.3. The third-order valence-electron chi connectivity index (χ3n) is 4.17. The number of hydrogen-bond donors (Lipinski definition) is 1. The van der Waals surface area contributed by atoms with Gasteiger partial charge in [-0.3, -0.25) is 14.3 Å². The van der Waals surface area contributed by atoms with E-state index in [0.717, 1.165) is 17.8 Å². The average Bonchev–Trinajstić information content (AvgIpc) is 3.11. The van der Waals surface area contributed by atoms with Crippen LogP contribution in [0.1, 0.15) is 16.8 Å². The van der Waals surface area contributed by atoms with Gasteiger partial charge in [-0.15, -0.1) is 0 Å². The minimum Gasteiger partial charge on any atom is -0.343 e. The number of benzene rings is 1. The van der Waals surface area contributed by atoms with Gasteiger partial charge in [0.15, 0.2) is 0 Å². The fourth-order valence-corrected chi connectivity index (χ4v) is 2.69. The standard InChI is InChI=1S/C18H17F3N4O2/c19-18(20,21)14-4-1-13(2-5-14)3-6-16(26)22-11-17(27)24-9-10-25-15(12-24)7-8-23-25/h1-8H,9-12H2,(H,22,26)/b6-3+. The van der Waals surface area contributed by atoms with E-state index in [0.29, 0.717) is 25.2 Å². The minimum atomic E-state index is -4.40. The molecule has 0 radical (unpaired) electrons. The molecule has 0 fully saturated rings. The number of alkyl halides is 3.